The molecular weight excluding hydrogens is 292 g/mol. The number of anilines is 1. The number of benzene rings is 1. The lowest BCUT2D eigenvalue weighted by Crippen LogP contribution is -2.54. The minimum Gasteiger partial charge on any atom is -0.396 e. The van der Waals surface area contributed by atoms with Gasteiger partial charge < -0.3 is 20.4 Å². The summed E-state index contributed by atoms with van der Waals surface area (Å²) in [6.07, 6.45) is 3.57. The molecule has 0 spiro atoms. The molecule has 1 aromatic carbocycles. The molecule has 0 unspecified atom stereocenters. The Balaban J connectivity index is 1.86. The lowest BCUT2D eigenvalue weighted by Gasteiger charge is -2.45. The highest BCUT2D eigenvalue weighted by molar-refractivity contribution is 5.94. The van der Waals surface area contributed by atoms with E-state index >= 15 is 0 Å². The van der Waals surface area contributed by atoms with Crippen molar-refractivity contribution in [3.63, 3.8) is 0 Å². The van der Waals surface area contributed by atoms with Crippen LogP contribution in [-0.4, -0.2) is 49.0 Å². The summed E-state index contributed by atoms with van der Waals surface area (Å²) in [5.41, 5.74) is 1.34. The summed E-state index contributed by atoms with van der Waals surface area (Å²) in [7, 11) is 2.06. The van der Waals surface area contributed by atoms with Crippen LogP contribution in [0.2, 0.25) is 0 Å². The molecule has 0 bridgehead atoms. The van der Waals surface area contributed by atoms with Gasteiger partial charge in [0.25, 0.3) is 5.91 Å². The highest BCUT2D eigenvalue weighted by atomic mass is 16.3. The van der Waals surface area contributed by atoms with Gasteiger partial charge >= 0.3 is 0 Å². The molecule has 0 atom stereocenters. The Kier molecular flexibility index (Phi) is 6.02. The fourth-order valence-electron chi connectivity index (χ4n) is 3.06. The molecule has 1 aliphatic carbocycles. The molecule has 1 amide bonds. The number of nitrogens with one attached hydrogen (secondary N) is 1. The molecule has 2 rings (SSSR count). The number of nitrogens with zero attached hydrogens (tertiary/aromatic N) is 1. The molecule has 5 nitrogen and oxygen atoms in total. The monoisotopic (exact) mass is 320 g/mol. The predicted octanol–water partition coefficient (Wildman–Crippen LogP) is 1.79. The topological polar surface area (TPSA) is 72.8 Å². The molecule has 0 radical (unpaired) electrons. The predicted molar refractivity (Wildman–Crippen MR) is 91.7 cm³/mol. The third-order valence-corrected chi connectivity index (χ3v) is 4.78. The number of hydrogen-bond acceptors (Lipinski definition) is 4. The van der Waals surface area contributed by atoms with Crippen molar-refractivity contribution in [1.29, 1.82) is 0 Å². The Morgan fingerprint density at radius 3 is 2.39 bits per heavy atom. The molecule has 0 aromatic heterocycles. The van der Waals surface area contributed by atoms with Crippen LogP contribution in [0.1, 0.15) is 43.0 Å². The van der Waals surface area contributed by atoms with Gasteiger partial charge in [-0.05, 0) is 43.5 Å². The standard InChI is InChI=1S/C18H28N2O3/c1-3-4-9-20(2)16-7-5-14(6-8-16)17(23)19-15-10-18(11-15,12-21)13-22/h5-8,15,21-22H,3-4,9-13H2,1-2H3,(H,19,23). The first-order valence-electron chi connectivity index (χ1n) is 8.37. The minimum atomic E-state index is -0.413. The Morgan fingerprint density at radius 1 is 1.26 bits per heavy atom. The molecule has 0 aliphatic heterocycles. The van der Waals surface area contributed by atoms with Crippen LogP contribution in [0.3, 0.4) is 0 Å². The molecule has 1 aromatic rings. The van der Waals surface area contributed by atoms with Crippen LogP contribution < -0.4 is 10.2 Å². The normalized spacial score (nSPS) is 16.7. The van der Waals surface area contributed by atoms with Gasteiger partial charge in [-0.3, -0.25) is 4.79 Å². The van der Waals surface area contributed by atoms with E-state index in [0.717, 1.165) is 25.1 Å². The van der Waals surface area contributed by atoms with E-state index in [1.165, 1.54) is 0 Å². The van der Waals surface area contributed by atoms with E-state index in [-0.39, 0.29) is 25.2 Å². The lowest BCUT2D eigenvalue weighted by molar-refractivity contribution is -0.0300. The summed E-state index contributed by atoms with van der Waals surface area (Å²) in [6, 6.07) is 7.66. The van der Waals surface area contributed by atoms with E-state index < -0.39 is 5.41 Å². The van der Waals surface area contributed by atoms with Gasteiger partial charge in [-0.25, -0.2) is 0 Å². The van der Waals surface area contributed by atoms with Crippen LogP contribution >= 0.6 is 0 Å². The van der Waals surface area contributed by atoms with Crippen LogP contribution in [0.4, 0.5) is 5.69 Å². The molecule has 1 fully saturated rings. The first kappa shape index (κ1) is 17.8. The highest BCUT2D eigenvalue weighted by Gasteiger charge is 2.44. The van der Waals surface area contributed by atoms with Crippen molar-refractivity contribution in [2.75, 3.05) is 31.7 Å². The molecule has 128 valence electrons. The third kappa shape index (κ3) is 4.24. The van der Waals surface area contributed by atoms with Gasteiger partial charge in [-0.2, -0.15) is 0 Å². The van der Waals surface area contributed by atoms with Gasteiger partial charge in [-0.1, -0.05) is 13.3 Å². The average molecular weight is 320 g/mol. The van der Waals surface area contributed by atoms with E-state index in [0.29, 0.717) is 18.4 Å². The average Bonchev–Trinajstić information content (AvgIpc) is 2.55. The zero-order valence-electron chi connectivity index (χ0n) is 14.1. The van der Waals surface area contributed by atoms with E-state index in [2.05, 4.69) is 24.2 Å². The van der Waals surface area contributed by atoms with E-state index in [1.807, 2.05) is 24.3 Å². The van der Waals surface area contributed by atoms with Crippen molar-refractivity contribution in [2.24, 2.45) is 5.41 Å². The maximum absolute atomic E-state index is 12.2. The maximum Gasteiger partial charge on any atom is 0.251 e. The number of aliphatic hydroxyl groups is 2. The van der Waals surface area contributed by atoms with Crippen molar-refractivity contribution >= 4 is 11.6 Å². The van der Waals surface area contributed by atoms with E-state index in [9.17, 15) is 15.0 Å². The summed E-state index contributed by atoms with van der Waals surface area (Å²) in [6.45, 7) is 3.11. The van der Waals surface area contributed by atoms with Gasteiger partial charge in [0, 0.05) is 36.3 Å². The fraction of sp³-hybridized carbons (Fsp3) is 0.611. The number of rotatable bonds is 8. The van der Waals surface area contributed by atoms with Gasteiger partial charge in [0.05, 0.1) is 13.2 Å². The van der Waals surface area contributed by atoms with Crippen molar-refractivity contribution in [3.8, 4) is 0 Å². The first-order valence-corrected chi connectivity index (χ1v) is 8.37. The zero-order chi connectivity index (χ0) is 16.9. The van der Waals surface area contributed by atoms with Crippen LogP contribution in [0.5, 0.6) is 0 Å². The van der Waals surface area contributed by atoms with Crippen molar-refractivity contribution in [2.45, 2.75) is 38.6 Å². The van der Waals surface area contributed by atoms with Crippen LogP contribution in [0.25, 0.3) is 0 Å². The number of amides is 1. The molecule has 1 saturated carbocycles. The first-order chi connectivity index (χ1) is 11.0. The van der Waals surface area contributed by atoms with Crippen molar-refractivity contribution in [3.05, 3.63) is 29.8 Å². The largest absolute Gasteiger partial charge is 0.396 e. The fourth-order valence-corrected chi connectivity index (χ4v) is 3.06. The number of aliphatic hydroxyl groups excluding tert-OH is 2. The maximum atomic E-state index is 12.2. The van der Waals surface area contributed by atoms with Crippen LogP contribution in [-0.2, 0) is 0 Å². The van der Waals surface area contributed by atoms with Crippen LogP contribution in [0, 0.1) is 5.41 Å². The second kappa shape index (κ2) is 7.79. The Labute approximate surface area is 138 Å². The second-order valence-electron chi connectivity index (χ2n) is 6.72. The molecule has 5 heteroatoms. The molecule has 23 heavy (non-hydrogen) atoms. The molecule has 3 N–H and O–H groups in total. The molecule has 0 saturated heterocycles. The Morgan fingerprint density at radius 2 is 1.87 bits per heavy atom. The number of carbonyl (C=O) groups is 1. The zero-order valence-corrected chi connectivity index (χ0v) is 14.1. The molecule has 0 heterocycles. The van der Waals surface area contributed by atoms with Crippen molar-refractivity contribution in [1.82, 2.24) is 5.32 Å². The lowest BCUT2D eigenvalue weighted by atomic mass is 9.66. The summed E-state index contributed by atoms with van der Waals surface area (Å²) in [5, 5.41) is 21.5. The van der Waals surface area contributed by atoms with E-state index in [1.54, 1.807) is 0 Å². The van der Waals surface area contributed by atoms with Gasteiger partial charge in [0.2, 0.25) is 0 Å². The van der Waals surface area contributed by atoms with E-state index in [4.69, 9.17) is 0 Å². The summed E-state index contributed by atoms with van der Waals surface area (Å²) in [4.78, 5) is 14.4. The number of carbonyl (C=O) groups excluding carboxylic acids is 1. The molecular formula is C18H28N2O3. The minimum absolute atomic E-state index is 0.0331. The SMILES string of the molecule is CCCCN(C)c1ccc(C(=O)NC2CC(CO)(CO)C2)cc1. The third-order valence-electron chi connectivity index (χ3n) is 4.78. The van der Waals surface area contributed by atoms with Gasteiger partial charge in [0.1, 0.15) is 0 Å². The number of unbranched alkanes of at least 4 members (excludes halogenated alkanes) is 1. The Bertz CT molecular complexity index is 504. The molecule has 1 aliphatic rings. The smallest absolute Gasteiger partial charge is 0.251 e. The Hall–Kier alpha value is -1.59. The van der Waals surface area contributed by atoms with Crippen molar-refractivity contribution < 1.29 is 15.0 Å². The quantitative estimate of drug-likeness (QED) is 0.683. The highest BCUT2D eigenvalue weighted by Crippen LogP contribution is 2.40. The van der Waals surface area contributed by atoms with Gasteiger partial charge in [0.15, 0.2) is 0 Å². The summed E-state index contributed by atoms with van der Waals surface area (Å²) in [5.74, 6) is -0.0951. The second-order valence-corrected chi connectivity index (χ2v) is 6.72. The summed E-state index contributed by atoms with van der Waals surface area (Å²) < 4.78 is 0. The van der Waals surface area contributed by atoms with Gasteiger partial charge in [-0.15, -0.1) is 0 Å². The van der Waals surface area contributed by atoms with Crippen LogP contribution in [0.15, 0.2) is 24.3 Å². The summed E-state index contributed by atoms with van der Waals surface area (Å²) >= 11 is 0. The number of hydrogen-bond donors (Lipinski definition) is 3.